The summed E-state index contributed by atoms with van der Waals surface area (Å²) in [6.45, 7) is 2.14. The lowest BCUT2D eigenvalue weighted by Crippen LogP contribution is -2.46. The first-order valence-electron chi connectivity index (χ1n) is 16.8. The molecule has 2 bridgehead atoms. The maximum absolute atomic E-state index is 13.0. The molecule has 0 aromatic heterocycles. The molecule has 2 aliphatic heterocycles. The third-order valence-electron chi connectivity index (χ3n) is 9.67. The largest absolute Gasteiger partial charge is 0.507 e. The quantitative estimate of drug-likeness (QED) is 0.107. The number of phenols is 2. The molecule has 0 spiro atoms. The fourth-order valence-electron chi connectivity index (χ4n) is 6.96. The first kappa shape index (κ1) is 33.1. The molecule has 0 saturated carbocycles. The average Bonchev–Trinajstić information content (AvgIpc) is 3.18. The van der Waals surface area contributed by atoms with Crippen molar-refractivity contribution in [2.24, 2.45) is 10.2 Å². The van der Waals surface area contributed by atoms with Crippen molar-refractivity contribution in [3.63, 3.8) is 0 Å². The number of hydrogen-bond acceptors (Lipinski definition) is 10. The van der Waals surface area contributed by atoms with Crippen LogP contribution in [0.5, 0.6) is 23.0 Å². The van der Waals surface area contributed by atoms with Crippen molar-refractivity contribution in [1.82, 2.24) is 10.9 Å². The molecule has 264 valence electrons. The number of ether oxygens (including phenoxy) is 2. The van der Waals surface area contributed by atoms with Gasteiger partial charge in [-0.1, -0.05) is 24.3 Å². The predicted octanol–water partition coefficient (Wildman–Crippen LogP) is 6.25. The SMILES string of the molecule is COc1ccc(O)c(/C=N/NC(=O)c2ccc3c4c(ccc3c2)N2Cc3c(ccc5cc(C(=O)N/N=C/c6cc(OC)ccc6O)ccc35)N(C4)C2)c1. The molecule has 0 aliphatic carbocycles. The number of hydrogen-bond donors (Lipinski definition) is 4. The number of phenolic OH excluding ortho intramolecular Hbond substituents is 2. The number of aromatic hydroxyl groups is 2. The summed E-state index contributed by atoms with van der Waals surface area (Å²) in [6.07, 6.45) is 2.75. The summed E-state index contributed by atoms with van der Waals surface area (Å²) in [7, 11) is 3.07. The minimum Gasteiger partial charge on any atom is -0.507 e. The predicted molar refractivity (Wildman–Crippen MR) is 205 cm³/mol. The zero-order valence-electron chi connectivity index (χ0n) is 28.8. The summed E-state index contributed by atoms with van der Waals surface area (Å²) < 4.78 is 10.4. The number of carbonyl (C=O) groups is 2. The molecule has 12 nitrogen and oxygen atoms in total. The Kier molecular flexibility index (Phi) is 8.47. The zero-order chi connectivity index (χ0) is 36.6. The lowest BCUT2D eigenvalue weighted by Gasteiger charge is -2.45. The van der Waals surface area contributed by atoms with Crippen LogP contribution in [-0.2, 0) is 13.1 Å². The number of fused-ring (bicyclic) bond motifs is 10. The summed E-state index contributed by atoms with van der Waals surface area (Å²) in [5.74, 6) is 0.449. The fraction of sp³-hybridized carbons (Fsp3) is 0.122. The molecule has 2 aliphatic rings. The highest BCUT2D eigenvalue weighted by molar-refractivity contribution is 6.03. The van der Waals surface area contributed by atoms with E-state index in [2.05, 4.69) is 43.0 Å². The van der Waals surface area contributed by atoms with Crippen LogP contribution in [0.3, 0.4) is 0 Å². The Balaban J connectivity index is 0.990. The number of carbonyl (C=O) groups excluding carboxylic acids is 2. The number of amides is 2. The van der Waals surface area contributed by atoms with Gasteiger partial charge in [0.2, 0.25) is 0 Å². The molecule has 0 unspecified atom stereocenters. The van der Waals surface area contributed by atoms with Crippen molar-refractivity contribution >= 4 is 57.2 Å². The fourth-order valence-corrected chi connectivity index (χ4v) is 6.96. The number of nitrogens with zero attached hydrogens (tertiary/aromatic N) is 4. The number of methoxy groups -OCH3 is 2. The lowest BCUT2D eigenvalue weighted by atomic mass is 9.93. The van der Waals surface area contributed by atoms with E-state index < -0.39 is 0 Å². The number of benzene rings is 6. The zero-order valence-corrected chi connectivity index (χ0v) is 28.8. The first-order valence-corrected chi connectivity index (χ1v) is 16.8. The van der Waals surface area contributed by atoms with Crippen molar-refractivity contribution in [3.8, 4) is 23.0 Å². The standard InChI is InChI=1S/C41H34N6O6/c1-52-30-7-13-38(48)28(17-30)19-42-44-40(50)26-3-9-32-24(15-26)5-11-36-34(32)21-46-23-47(36)22-35-33-10-4-27(16-25(33)6-12-37(35)46)41(51)45-43-20-29-18-31(53-2)8-14-39(29)49/h3-20,48-49H,21-23H2,1-2H3,(H,44,50)(H,45,51)/b42-19+,43-20+. The van der Waals surface area contributed by atoms with Gasteiger partial charge < -0.3 is 29.5 Å². The second kappa shape index (κ2) is 13.6. The Labute approximate surface area is 304 Å². The Hall–Kier alpha value is -7.08. The minimum absolute atomic E-state index is 0.0249. The van der Waals surface area contributed by atoms with Crippen molar-refractivity contribution in [3.05, 3.63) is 130 Å². The van der Waals surface area contributed by atoms with Gasteiger partial charge in [-0.3, -0.25) is 9.59 Å². The molecule has 53 heavy (non-hydrogen) atoms. The highest BCUT2D eigenvalue weighted by Gasteiger charge is 2.31. The van der Waals surface area contributed by atoms with E-state index in [1.165, 1.54) is 49.9 Å². The van der Waals surface area contributed by atoms with Crippen molar-refractivity contribution in [1.29, 1.82) is 0 Å². The van der Waals surface area contributed by atoms with Gasteiger partial charge in [0, 0.05) is 57.8 Å². The molecular weight excluding hydrogens is 672 g/mol. The molecule has 8 rings (SSSR count). The van der Waals surface area contributed by atoms with Crippen LogP contribution in [0, 0.1) is 0 Å². The minimum atomic E-state index is -0.365. The van der Waals surface area contributed by atoms with E-state index >= 15 is 0 Å². The lowest BCUT2D eigenvalue weighted by molar-refractivity contribution is 0.0947. The third-order valence-corrected chi connectivity index (χ3v) is 9.67. The molecule has 12 heteroatoms. The van der Waals surface area contributed by atoms with E-state index in [0.29, 0.717) is 46.8 Å². The van der Waals surface area contributed by atoms with Crippen LogP contribution in [0.2, 0.25) is 0 Å². The van der Waals surface area contributed by atoms with Gasteiger partial charge >= 0.3 is 0 Å². The molecule has 0 fully saturated rings. The number of anilines is 2. The molecule has 6 aromatic carbocycles. The van der Waals surface area contributed by atoms with Crippen molar-refractivity contribution in [2.45, 2.75) is 13.1 Å². The number of nitrogens with one attached hydrogen (secondary N) is 2. The number of hydrazone groups is 2. The van der Waals surface area contributed by atoms with Gasteiger partial charge in [-0.25, -0.2) is 10.9 Å². The van der Waals surface area contributed by atoms with E-state index in [1.807, 2.05) is 36.4 Å². The molecular formula is C41H34N6O6. The molecule has 2 heterocycles. The monoisotopic (exact) mass is 706 g/mol. The van der Waals surface area contributed by atoms with Crippen molar-refractivity contribution in [2.75, 3.05) is 30.7 Å². The summed E-state index contributed by atoms with van der Waals surface area (Å²) >= 11 is 0. The van der Waals surface area contributed by atoms with Crippen LogP contribution in [0.15, 0.2) is 107 Å². The molecule has 4 N–H and O–H groups in total. The second-order valence-electron chi connectivity index (χ2n) is 12.8. The van der Waals surface area contributed by atoms with E-state index in [0.717, 1.165) is 39.6 Å². The van der Waals surface area contributed by atoms with E-state index in [4.69, 9.17) is 9.47 Å². The Morgan fingerprint density at radius 1 is 0.623 bits per heavy atom. The van der Waals surface area contributed by atoms with Gasteiger partial charge in [0.05, 0.1) is 33.3 Å². The number of rotatable bonds is 8. The smallest absolute Gasteiger partial charge is 0.271 e. The van der Waals surface area contributed by atoms with Gasteiger partial charge in [-0.15, -0.1) is 0 Å². The van der Waals surface area contributed by atoms with Gasteiger partial charge in [-0.05, 0) is 94.3 Å². The van der Waals surface area contributed by atoms with Gasteiger partial charge in [0.15, 0.2) is 0 Å². The second-order valence-corrected chi connectivity index (χ2v) is 12.8. The van der Waals surface area contributed by atoms with E-state index in [1.54, 1.807) is 36.4 Å². The Morgan fingerprint density at radius 2 is 1.08 bits per heavy atom. The van der Waals surface area contributed by atoms with Crippen LogP contribution in [0.4, 0.5) is 11.4 Å². The summed E-state index contributed by atoms with van der Waals surface area (Å²) in [6, 6.07) is 29.2. The average molecular weight is 707 g/mol. The van der Waals surface area contributed by atoms with E-state index in [-0.39, 0.29) is 23.3 Å². The highest BCUT2D eigenvalue weighted by Crippen LogP contribution is 2.43. The Morgan fingerprint density at radius 3 is 1.51 bits per heavy atom. The van der Waals surface area contributed by atoms with Crippen LogP contribution in [0.1, 0.15) is 43.0 Å². The maximum atomic E-state index is 13.0. The van der Waals surface area contributed by atoms with Crippen LogP contribution in [-0.4, -0.2) is 55.3 Å². The molecule has 6 aromatic rings. The van der Waals surface area contributed by atoms with Crippen LogP contribution in [0.25, 0.3) is 21.5 Å². The van der Waals surface area contributed by atoms with Crippen LogP contribution < -0.4 is 30.1 Å². The highest BCUT2D eigenvalue weighted by atomic mass is 16.5. The topological polar surface area (TPSA) is 148 Å². The van der Waals surface area contributed by atoms with Crippen LogP contribution >= 0.6 is 0 Å². The van der Waals surface area contributed by atoms with Gasteiger partial charge in [-0.2, -0.15) is 10.2 Å². The normalized spacial score (nSPS) is 13.3. The summed E-state index contributed by atoms with van der Waals surface area (Å²) in [4.78, 5) is 30.7. The molecule has 0 atom stereocenters. The van der Waals surface area contributed by atoms with Gasteiger partial charge in [0.25, 0.3) is 11.8 Å². The van der Waals surface area contributed by atoms with E-state index in [9.17, 15) is 19.8 Å². The molecule has 0 saturated heterocycles. The summed E-state index contributed by atoms with van der Waals surface area (Å²) in [5, 5.41) is 32.3. The third kappa shape index (κ3) is 6.27. The first-order chi connectivity index (χ1) is 25.8. The maximum Gasteiger partial charge on any atom is 0.271 e. The van der Waals surface area contributed by atoms with Crippen molar-refractivity contribution < 1.29 is 29.3 Å². The Bertz CT molecular complexity index is 2340. The summed E-state index contributed by atoms with van der Waals surface area (Å²) in [5.41, 5.74) is 11.5. The molecule has 2 amide bonds. The molecule has 0 radical (unpaired) electrons. The van der Waals surface area contributed by atoms with Gasteiger partial charge in [0.1, 0.15) is 23.0 Å².